The Bertz CT molecular complexity index is 1140. The number of phenolic OH excluding ortho intramolecular Hbond substituents is 1. The first-order valence-corrected chi connectivity index (χ1v) is 10.6. The van der Waals surface area contributed by atoms with Crippen LogP contribution in [0.1, 0.15) is 37.4 Å². The molecule has 1 unspecified atom stereocenters. The van der Waals surface area contributed by atoms with E-state index in [1.54, 1.807) is 6.20 Å². The van der Waals surface area contributed by atoms with E-state index in [9.17, 15) is 23.1 Å². The Morgan fingerprint density at radius 2 is 1.79 bits per heavy atom. The number of carbonyl (C=O) groups excluding carboxylic acids is 1. The van der Waals surface area contributed by atoms with Crippen LogP contribution in [0.2, 0.25) is 0 Å². The summed E-state index contributed by atoms with van der Waals surface area (Å²) in [5.74, 6) is -2.46. The Hall–Kier alpha value is -3.14. The van der Waals surface area contributed by atoms with Gasteiger partial charge in [-0.3, -0.25) is 9.78 Å². The van der Waals surface area contributed by atoms with Gasteiger partial charge in [0.1, 0.15) is 11.3 Å². The molecule has 0 saturated heterocycles. The number of phenols is 1. The van der Waals surface area contributed by atoms with Gasteiger partial charge in [0.2, 0.25) is 5.91 Å². The molecule has 1 amide bonds. The van der Waals surface area contributed by atoms with E-state index in [0.29, 0.717) is 17.5 Å². The van der Waals surface area contributed by atoms with E-state index in [-0.39, 0.29) is 17.6 Å². The van der Waals surface area contributed by atoms with Gasteiger partial charge < -0.3 is 15.5 Å². The van der Waals surface area contributed by atoms with Gasteiger partial charge in [0.15, 0.2) is 0 Å². The van der Waals surface area contributed by atoms with Crippen molar-refractivity contribution in [1.82, 2.24) is 10.3 Å². The Balaban J connectivity index is 0.000000479. The molecule has 0 aliphatic carbocycles. The predicted octanol–water partition coefficient (Wildman–Crippen LogP) is 5.59. The molecule has 0 bridgehead atoms. The Labute approximate surface area is 196 Å². The van der Waals surface area contributed by atoms with Gasteiger partial charge in [-0.25, -0.2) is 4.79 Å². The van der Waals surface area contributed by atoms with Crippen molar-refractivity contribution < 1.29 is 33.0 Å². The van der Waals surface area contributed by atoms with Crippen LogP contribution in [-0.2, 0) is 9.59 Å². The molecule has 1 atom stereocenters. The Morgan fingerprint density at radius 1 is 1.12 bits per heavy atom. The van der Waals surface area contributed by atoms with Gasteiger partial charge in [0.25, 0.3) is 0 Å². The molecule has 176 valence electrons. The third-order valence-corrected chi connectivity index (χ3v) is 4.91. The molecule has 3 aromatic rings. The standard InChI is InChI=1S/C21H21BrN2O2.C2HF3O2/c1-13(2)11-18(25)24-19(15-5-3-7-16(22)12-15)17-9-8-14-6-4-10-23-20(14)21(17)26;3-2(4,5)1(6)7/h3-10,12-13,19,26H,11H2,1-2H3,(H,24,25);(H,6,7). The summed E-state index contributed by atoms with van der Waals surface area (Å²) in [6, 6.07) is 14.8. The van der Waals surface area contributed by atoms with E-state index in [2.05, 4.69) is 26.2 Å². The van der Waals surface area contributed by atoms with Crippen molar-refractivity contribution in [3.63, 3.8) is 0 Å². The van der Waals surface area contributed by atoms with Crippen LogP contribution in [0.5, 0.6) is 5.75 Å². The minimum Gasteiger partial charge on any atom is -0.505 e. The molecule has 0 aliphatic rings. The van der Waals surface area contributed by atoms with Crippen LogP contribution in [0.15, 0.2) is 59.2 Å². The van der Waals surface area contributed by atoms with Crippen molar-refractivity contribution in [1.29, 1.82) is 0 Å². The number of pyridine rings is 1. The van der Waals surface area contributed by atoms with Crippen LogP contribution >= 0.6 is 15.9 Å². The van der Waals surface area contributed by atoms with Gasteiger partial charge >= 0.3 is 12.1 Å². The number of nitrogens with zero attached hydrogens (tertiary/aromatic N) is 1. The molecular weight excluding hydrogens is 505 g/mol. The van der Waals surface area contributed by atoms with Crippen molar-refractivity contribution in [2.75, 3.05) is 0 Å². The first kappa shape index (κ1) is 26.1. The summed E-state index contributed by atoms with van der Waals surface area (Å²) >= 11 is 3.48. The maximum atomic E-state index is 12.5. The predicted molar refractivity (Wildman–Crippen MR) is 121 cm³/mol. The lowest BCUT2D eigenvalue weighted by molar-refractivity contribution is -0.192. The van der Waals surface area contributed by atoms with Crippen LogP contribution in [0.3, 0.4) is 0 Å². The van der Waals surface area contributed by atoms with Crippen molar-refractivity contribution in [2.24, 2.45) is 5.92 Å². The monoisotopic (exact) mass is 526 g/mol. The summed E-state index contributed by atoms with van der Waals surface area (Å²) in [4.78, 5) is 25.6. The van der Waals surface area contributed by atoms with E-state index in [0.717, 1.165) is 15.4 Å². The first-order chi connectivity index (χ1) is 15.4. The zero-order valence-electron chi connectivity index (χ0n) is 17.7. The highest BCUT2D eigenvalue weighted by Gasteiger charge is 2.38. The van der Waals surface area contributed by atoms with Crippen molar-refractivity contribution in [3.05, 3.63) is 70.3 Å². The number of amides is 1. The van der Waals surface area contributed by atoms with Gasteiger partial charge in [-0.2, -0.15) is 13.2 Å². The van der Waals surface area contributed by atoms with Crippen molar-refractivity contribution >= 4 is 38.7 Å². The molecule has 0 aliphatic heterocycles. The fourth-order valence-corrected chi connectivity index (χ4v) is 3.41. The number of aliphatic carboxylic acids is 1. The molecule has 0 spiro atoms. The number of carbonyl (C=O) groups is 2. The van der Waals surface area contributed by atoms with Crippen LogP contribution in [-0.4, -0.2) is 33.2 Å². The average molecular weight is 527 g/mol. The fraction of sp³-hybridized carbons (Fsp3) is 0.261. The molecule has 0 fully saturated rings. The molecule has 0 radical (unpaired) electrons. The number of alkyl halides is 3. The van der Waals surface area contributed by atoms with Crippen molar-refractivity contribution in [3.8, 4) is 5.75 Å². The van der Waals surface area contributed by atoms with E-state index in [4.69, 9.17) is 9.90 Å². The molecule has 10 heteroatoms. The molecule has 1 heterocycles. The molecule has 3 N–H and O–H groups in total. The number of fused-ring (bicyclic) bond motifs is 1. The second-order valence-electron chi connectivity index (χ2n) is 7.53. The maximum Gasteiger partial charge on any atom is 0.490 e. The highest BCUT2D eigenvalue weighted by molar-refractivity contribution is 9.10. The second-order valence-corrected chi connectivity index (χ2v) is 8.45. The normalized spacial score (nSPS) is 12.1. The first-order valence-electron chi connectivity index (χ1n) is 9.81. The van der Waals surface area contributed by atoms with E-state index in [1.807, 2.05) is 62.4 Å². The van der Waals surface area contributed by atoms with Gasteiger partial charge in [0.05, 0.1) is 6.04 Å². The number of halogens is 4. The van der Waals surface area contributed by atoms with E-state index in [1.165, 1.54) is 0 Å². The molecule has 1 aromatic heterocycles. The number of hydrogen-bond acceptors (Lipinski definition) is 4. The van der Waals surface area contributed by atoms with Gasteiger partial charge in [-0.15, -0.1) is 0 Å². The van der Waals surface area contributed by atoms with Gasteiger partial charge in [-0.1, -0.05) is 60.1 Å². The lowest BCUT2D eigenvalue weighted by atomic mass is 9.96. The summed E-state index contributed by atoms with van der Waals surface area (Å²) in [5.41, 5.74) is 2.05. The summed E-state index contributed by atoms with van der Waals surface area (Å²) in [6.45, 7) is 4.01. The highest BCUT2D eigenvalue weighted by Crippen LogP contribution is 2.35. The number of carboxylic acids is 1. The van der Waals surface area contributed by atoms with Gasteiger partial charge in [0, 0.05) is 28.0 Å². The quantitative estimate of drug-likeness (QED) is 0.402. The lowest BCUT2D eigenvalue weighted by Crippen LogP contribution is -2.30. The summed E-state index contributed by atoms with van der Waals surface area (Å²) in [6.07, 6.45) is -3.01. The maximum absolute atomic E-state index is 12.5. The third kappa shape index (κ3) is 7.45. The number of aromatic hydroxyl groups is 1. The Kier molecular flexibility index (Phi) is 8.81. The second kappa shape index (κ2) is 11.1. The zero-order chi connectivity index (χ0) is 24.8. The molecule has 2 aromatic carbocycles. The fourth-order valence-electron chi connectivity index (χ4n) is 3.00. The highest BCUT2D eigenvalue weighted by atomic mass is 79.9. The topological polar surface area (TPSA) is 99.5 Å². The summed E-state index contributed by atoms with van der Waals surface area (Å²) in [5, 5.41) is 21.9. The van der Waals surface area contributed by atoms with Crippen LogP contribution in [0.25, 0.3) is 10.9 Å². The van der Waals surface area contributed by atoms with Crippen LogP contribution in [0, 0.1) is 5.92 Å². The minimum atomic E-state index is -5.08. The number of rotatable bonds is 5. The molecule has 6 nitrogen and oxygen atoms in total. The summed E-state index contributed by atoms with van der Waals surface area (Å²) < 4.78 is 32.6. The number of aromatic nitrogens is 1. The van der Waals surface area contributed by atoms with E-state index < -0.39 is 18.2 Å². The van der Waals surface area contributed by atoms with Crippen LogP contribution in [0.4, 0.5) is 13.2 Å². The minimum absolute atomic E-state index is 0.0505. The number of carboxylic acid groups (broad SMARTS) is 1. The zero-order valence-corrected chi connectivity index (χ0v) is 19.3. The smallest absolute Gasteiger partial charge is 0.490 e. The van der Waals surface area contributed by atoms with Crippen molar-refractivity contribution in [2.45, 2.75) is 32.5 Å². The molecule has 0 saturated carbocycles. The average Bonchev–Trinajstić information content (AvgIpc) is 2.72. The summed E-state index contributed by atoms with van der Waals surface area (Å²) in [7, 11) is 0. The molecular formula is C23H22BrF3N2O4. The Morgan fingerprint density at radius 3 is 2.36 bits per heavy atom. The van der Waals surface area contributed by atoms with E-state index >= 15 is 0 Å². The largest absolute Gasteiger partial charge is 0.505 e. The third-order valence-electron chi connectivity index (χ3n) is 4.41. The number of nitrogens with one attached hydrogen (secondary N) is 1. The molecule has 33 heavy (non-hydrogen) atoms. The number of hydrogen-bond donors (Lipinski definition) is 3. The molecule has 3 rings (SSSR count). The lowest BCUT2D eigenvalue weighted by Gasteiger charge is -2.22. The number of benzene rings is 2. The van der Waals surface area contributed by atoms with Crippen LogP contribution < -0.4 is 5.32 Å². The SMILES string of the molecule is CC(C)CC(=O)NC(c1cccc(Br)c1)c1ccc2cccnc2c1O.O=C(O)C(F)(F)F. The van der Waals surface area contributed by atoms with Gasteiger partial charge in [-0.05, 0) is 29.7 Å².